The fourth-order valence-corrected chi connectivity index (χ4v) is 3.72. The summed E-state index contributed by atoms with van der Waals surface area (Å²) in [7, 11) is 0. The number of nitrogens with two attached hydrogens (primary N) is 1. The molecule has 1 saturated carbocycles. The molecular formula is C15H21N3S. The Kier molecular flexibility index (Phi) is 3.46. The topological polar surface area (TPSA) is 50.9 Å². The van der Waals surface area contributed by atoms with Gasteiger partial charge in [-0.15, -0.1) is 11.3 Å². The molecule has 4 heteroatoms. The maximum absolute atomic E-state index is 6.06. The Morgan fingerprint density at radius 2 is 2.21 bits per heavy atom. The van der Waals surface area contributed by atoms with E-state index in [4.69, 9.17) is 5.73 Å². The van der Waals surface area contributed by atoms with Crippen LogP contribution in [0.5, 0.6) is 0 Å². The third kappa shape index (κ3) is 2.47. The average molecular weight is 275 g/mol. The van der Waals surface area contributed by atoms with Gasteiger partial charge in [0.05, 0.1) is 5.54 Å². The summed E-state index contributed by atoms with van der Waals surface area (Å²) in [5.74, 6) is 1.82. The SMILES string of the molecule is CC1CCC(CN)(Nc2nccc3sccc23)CC1. The van der Waals surface area contributed by atoms with Crippen LogP contribution in [-0.4, -0.2) is 17.1 Å². The summed E-state index contributed by atoms with van der Waals surface area (Å²) in [6.07, 6.45) is 6.68. The second-order valence-corrected chi connectivity index (χ2v) is 6.73. The molecule has 102 valence electrons. The molecule has 2 aromatic rings. The monoisotopic (exact) mass is 275 g/mol. The lowest BCUT2D eigenvalue weighted by atomic mass is 9.77. The minimum absolute atomic E-state index is 0.0374. The fraction of sp³-hybridized carbons (Fsp3) is 0.533. The maximum atomic E-state index is 6.06. The zero-order chi connectivity index (χ0) is 13.3. The van der Waals surface area contributed by atoms with Gasteiger partial charge in [-0.1, -0.05) is 6.92 Å². The molecule has 0 spiro atoms. The Balaban J connectivity index is 1.88. The van der Waals surface area contributed by atoms with Gasteiger partial charge < -0.3 is 11.1 Å². The third-order valence-electron chi connectivity index (χ3n) is 4.39. The number of hydrogen-bond acceptors (Lipinski definition) is 4. The maximum Gasteiger partial charge on any atom is 0.135 e. The number of pyridine rings is 1. The van der Waals surface area contributed by atoms with Crippen LogP contribution in [0, 0.1) is 5.92 Å². The van der Waals surface area contributed by atoms with Gasteiger partial charge in [0.2, 0.25) is 0 Å². The molecule has 0 aromatic carbocycles. The van der Waals surface area contributed by atoms with E-state index in [-0.39, 0.29) is 5.54 Å². The van der Waals surface area contributed by atoms with Crippen molar-refractivity contribution in [3.8, 4) is 0 Å². The number of thiophene rings is 1. The van der Waals surface area contributed by atoms with E-state index < -0.39 is 0 Å². The standard InChI is InChI=1S/C15H21N3S/c1-11-2-6-15(10-16,7-3-11)18-14-12-5-9-19-13(12)4-8-17-14/h4-5,8-9,11H,2-3,6-7,10,16H2,1H3,(H,17,18). The van der Waals surface area contributed by atoms with Gasteiger partial charge in [-0.2, -0.15) is 0 Å². The number of rotatable bonds is 3. The molecule has 2 heterocycles. The molecule has 3 nitrogen and oxygen atoms in total. The molecule has 0 radical (unpaired) electrons. The first kappa shape index (κ1) is 12.9. The molecule has 2 aromatic heterocycles. The number of nitrogens with zero attached hydrogens (tertiary/aromatic N) is 1. The van der Waals surface area contributed by atoms with Crippen molar-refractivity contribution in [2.24, 2.45) is 11.7 Å². The molecule has 0 bridgehead atoms. The van der Waals surface area contributed by atoms with Crippen molar-refractivity contribution in [3.63, 3.8) is 0 Å². The zero-order valence-electron chi connectivity index (χ0n) is 11.4. The van der Waals surface area contributed by atoms with E-state index in [0.29, 0.717) is 6.54 Å². The zero-order valence-corrected chi connectivity index (χ0v) is 12.2. The molecule has 0 saturated heterocycles. The van der Waals surface area contributed by atoms with Gasteiger partial charge in [-0.05, 0) is 49.1 Å². The number of aromatic nitrogens is 1. The van der Waals surface area contributed by atoms with E-state index in [0.717, 1.165) is 24.6 Å². The molecule has 0 unspecified atom stereocenters. The molecule has 0 aliphatic heterocycles. The second kappa shape index (κ2) is 5.10. The Morgan fingerprint density at radius 3 is 2.95 bits per heavy atom. The molecule has 0 amide bonds. The predicted octanol–water partition coefficient (Wildman–Crippen LogP) is 3.62. The predicted molar refractivity (Wildman–Crippen MR) is 82.7 cm³/mol. The number of fused-ring (bicyclic) bond motifs is 1. The molecule has 1 aliphatic rings. The second-order valence-electron chi connectivity index (χ2n) is 5.78. The van der Waals surface area contributed by atoms with Crippen LogP contribution >= 0.6 is 11.3 Å². The Hall–Kier alpha value is -1.13. The molecule has 3 N–H and O–H groups in total. The van der Waals surface area contributed by atoms with Crippen molar-refractivity contribution in [1.29, 1.82) is 0 Å². The summed E-state index contributed by atoms with van der Waals surface area (Å²) in [5.41, 5.74) is 6.10. The van der Waals surface area contributed by atoms with Crippen LogP contribution < -0.4 is 11.1 Å². The van der Waals surface area contributed by atoms with Crippen LogP contribution in [0.4, 0.5) is 5.82 Å². The number of hydrogen-bond donors (Lipinski definition) is 2. The molecule has 3 rings (SSSR count). The van der Waals surface area contributed by atoms with Crippen LogP contribution in [0.15, 0.2) is 23.7 Å². The van der Waals surface area contributed by atoms with Crippen molar-refractivity contribution in [1.82, 2.24) is 4.98 Å². The lowest BCUT2D eigenvalue weighted by Crippen LogP contribution is -2.48. The van der Waals surface area contributed by atoms with E-state index in [9.17, 15) is 0 Å². The highest BCUT2D eigenvalue weighted by Gasteiger charge is 2.33. The fourth-order valence-electron chi connectivity index (χ4n) is 2.94. The third-order valence-corrected chi connectivity index (χ3v) is 5.27. The van der Waals surface area contributed by atoms with E-state index in [1.807, 2.05) is 6.20 Å². The summed E-state index contributed by atoms with van der Waals surface area (Å²) >= 11 is 1.76. The summed E-state index contributed by atoms with van der Waals surface area (Å²) in [6, 6.07) is 4.22. The van der Waals surface area contributed by atoms with Crippen molar-refractivity contribution in [2.75, 3.05) is 11.9 Å². The van der Waals surface area contributed by atoms with Gasteiger partial charge in [-0.3, -0.25) is 0 Å². The number of nitrogens with one attached hydrogen (secondary N) is 1. The number of anilines is 1. The smallest absolute Gasteiger partial charge is 0.135 e. The quantitative estimate of drug-likeness (QED) is 0.899. The minimum atomic E-state index is 0.0374. The first-order chi connectivity index (χ1) is 9.22. The molecule has 0 atom stereocenters. The van der Waals surface area contributed by atoms with Crippen LogP contribution in [0.25, 0.3) is 10.1 Å². The van der Waals surface area contributed by atoms with E-state index in [2.05, 4.69) is 34.7 Å². The van der Waals surface area contributed by atoms with Crippen LogP contribution in [0.1, 0.15) is 32.6 Å². The summed E-state index contributed by atoms with van der Waals surface area (Å²) in [5, 5.41) is 7.01. The highest BCUT2D eigenvalue weighted by molar-refractivity contribution is 7.17. The van der Waals surface area contributed by atoms with E-state index in [1.165, 1.54) is 22.9 Å². The lowest BCUT2D eigenvalue weighted by Gasteiger charge is -2.39. The van der Waals surface area contributed by atoms with Gasteiger partial charge in [0.1, 0.15) is 5.82 Å². The Bertz CT molecular complexity index is 555. The van der Waals surface area contributed by atoms with Crippen LogP contribution in [0.3, 0.4) is 0 Å². The van der Waals surface area contributed by atoms with Gasteiger partial charge in [0.15, 0.2) is 0 Å². The van der Waals surface area contributed by atoms with Gasteiger partial charge in [0, 0.05) is 22.8 Å². The van der Waals surface area contributed by atoms with Crippen molar-refractivity contribution in [3.05, 3.63) is 23.7 Å². The molecule has 19 heavy (non-hydrogen) atoms. The van der Waals surface area contributed by atoms with Crippen molar-refractivity contribution < 1.29 is 0 Å². The first-order valence-corrected chi connectivity index (χ1v) is 7.91. The van der Waals surface area contributed by atoms with Crippen LogP contribution in [0.2, 0.25) is 0 Å². The first-order valence-electron chi connectivity index (χ1n) is 7.03. The van der Waals surface area contributed by atoms with Gasteiger partial charge in [0.25, 0.3) is 0 Å². The highest BCUT2D eigenvalue weighted by Crippen LogP contribution is 2.35. The molecule has 1 aliphatic carbocycles. The summed E-state index contributed by atoms with van der Waals surface area (Å²) in [6.45, 7) is 3.01. The van der Waals surface area contributed by atoms with E-state index in [1.54, 1.807) is 11.3 Å². The van der Waals surface area contributed by atoms with E-state index >= 15 is 0 Å². The van der Waals surface area contributed by atoms with Crippen LogP contribution in [-0.2, 0) is 0 Å². The van der Waals surface area contributed by atoms with Gasteiger partial charge >= 0.3 is 0 Å². The van der Waals surface area contributed by atoms with Crippen molar-refractivity contribution in [2.45, 2.75) is 38.1 Å². The highest BCUT2D eigenvalue weighted by atomic mass is 32.1. The molecular weight excluding hydrogens is 254 g/mol. The summed E-state index contributed by atoms with van der Waals surface area (Å²) < 4.78 is 1.29. The minimum Gasteiger partial charge on any atom is -0.363 e. The van der Waals surface area contributed by atoms with Crippen molar-refractivity contribution >= 4 is 27.2 Å². The summed E-state index contributed by atoms with van der Waals surface area (Å²) in [4.78, 5) is 4.53. The molecule has 1 fully saturated rings. The normalized spacial score (nSPS) is 27.6. The Morgan fingerprint density at radius 1 is 1.42 bits per heavy atom. The van der Waals surface area contributed by atoms with Gasteiger partial charge in [-0.25, -0.2) is 4.98 Å². The largest absolute Gasteiger partial charge is 0.363 e. The average Bonchev–Trinajstić information content (AvgIpc) is 2.91. The Labute approximate surface area is 118 Å². The lowest BCUT2D eigenvalue weighted by molar-refractivity contribution is 0.271.